The molecule has 0 radical (unpaired) electrons. The zero-order valence-corrected chi connectivity index (χ0v) is 13.1. The fourth-order valence-corrected chi connectivity index (χ4v) is 2.97. The lowest BCUT2D eigenvalue weighted by atomic mass is 9.79. The molecular weight excluding hydrogens is 324 g/mol. The van der Waals surface area contributed by atoms with Crippen molar-refractivity contribution in [3.63, 3.8) is 0 Å². The molecule has 20 heavy (non-hydrogen) atoms. The van der Waals surface area contributed by atoms with Gasteiger partial charge in [0.05, 0.1) is 5.92 Å². The van der Waals surface area contributed by atoms with Crippen LogP contribution in [0.3, 0.4) is 0 Å². The molecule has 0 amide bonds. The summed E-state index contributed by atoms with van der Waals surface area (Å²) in [5.41, 5.74) is -0.942. The molecule has 0 aliphatic rings. The van der Waals surface area contributed by atoms with Crippen LogP contribution in [0.25, 0.3) is 11.0 Å². The Morgan fingerprint density at radius 2 is 2.00 bits per heavy atom. The summed E-state index contributed by atoms with van der Waals surface area (Å²) < 4.78 is 6.53. The number of rotatable bonds is 4. The zero-order valence-electron chi connectivity index (χ0n) is 11.6. The Morgan fingerprint density at radius 3 is 2.55 bits per heavy atom. The maximum atomic E-state index is 11.4. The van der Waals surface area contributed by atoms with Crippen molar-refractivity contribution in [3.8, 4) is 0 Å². The quantitative estimate of drug-likeness (QED) is 0.888. The van der Waals surface area contributed by atoms with E-state index in [1.165, 1.54) is 6.92 Å². The van der Waals surface area contributed by atoms with Gasteiger partial charge < -0.3 is 14.6 Å². The van der Waals surface area contributed by atoms with E-state index in [4.69, 9.17) is 4.42 Å². The van der Waals surface area contributed by atoms with Crippen LogP contribution in [0.5, 0.6) is 0 Å². The van der Waals surface area contributed by atoms with E-state index in [0.29, 0.717) is 5.58 Å². The SMILES string of the molecule is CC(C)C(C(=O)O)C(C)(O)c1cc2cc(Br)ccc2o1. The minimum atomic E-state index is -1.56. The largest absolute Gasteiger partial charge is 0.481 e. The van der Waals surface area contributed by atoms with Gasteiger partial charge in [-0.3, -0.25) is 4.79 Å². The number of hydrogen-bond donors (Lipinski definition) is 2. The standard InChI is InChI=1S/C15H17BrO4/c1-8(2)13(14(17)18)15(3,19)12-7-9-6-10(16)4-5-11(9)20-12/h4-8,13,19H,1-3H3,(H,17,18). The zero-order chi connectivity index (χ0) is 15.1. The first-order chi connectivity index (χ1) is 9.23. The van der Waals surface area contributed by atoms with Crippen molar-refractivity contribution >= 4 is 32.9 Å². The van der Waals surface area contributed by atoms with E-state index in [1.807, 2.05) is 12.1 Å². The van der Waals surface area contributed by atoms with Crippen molar-refractivity contribution < 1.29 is 19.4 Å². The maximum absolute atomic E-state index is 11.4. The molecule has 108 valence electrons. The van der Waals surface area contributed by atoms with E-state index in [-0.39, 0.29) is 11.7 Å². The Hall–Kier alpha value is -1.33. The summed E-state index contributed by atoms with van der Waals surface area (Å²) in [5, 5.41) is 20.8. The van der Waals surface area contributed by atoms with Crippen LogP contribution in [0.1, 0.15) is 26.5 Å². The average molecular weight is 341 g/mol. The molecular formula is C15H17BrO4. The van der Waals surface area contributed by atoms with Crippen LogP contribution in [0.4, 0.5) is 0 Å². The van der Waals surface area contributed by atoms with Crippen LogP contribution < -0.4 is 0 Å². The van der Waals surface area contributed by atoms with Gasteiger partial charge in [0.15, 0.2) is 0 Å². The van der Waals surface area contributed by atoms with Crippen molar-refractivity contribution in [1.29, 1.82) is 0 Å². The first-order valence-electron chi connectivity index (χ1n) is 6.38. The maximum Gasteiger partial charge on any atom is 0.310 e. The highest BCUT2D eigenvalue weighted by Gasteiger charge is 2.43. The van der Waals surface area contributed by atoms with Crippen molar-refractivity contribution in [2.24, 2.45) is 11.8 Å². The van der Waals surface area contributed by atoms with Gasteiger partial charge >= 0.3 is 5.97 Å². The third kappa shape index (κ3) is 2.60. The highest BCUT2D eigenvalue weighted by atomic mass is 79.9. The van der Waals surface area contributed by atoms with E-state index in [0.717, 1.165) is 9.86 Å². The van der Waals surface area contributed by atoms with Crippen LogP contribution in [-0.4, -0.2) is 16.2 Å². The summed E-state index contributed by atoms with van der Waals surface area (Å²) in [6.45, 7) is 5.03. The first kappa shape index (κ1) is 15.1. The number of hydrogen-bond acceptors (Lipinski definition) is 3. The minimum absolute atomic E-state index is 0.220. The third-order valence-electron chi connectivity index (χ3n) is 3.52. The van der Waals surface area contributed by atoms with E-state index >= 15 is 0 Å². The summed E-state index contributed by atoms with van der Waals surface area (Å²) >= 11 is 3.37. The second-order valence-corrected chi connectivity index (χ2v) is 6.42. The molecule has 2 rings (SSSR count). The molecule has 0 aliphatic carbocycles. The predicted octanol–water partition coefficient (Wildman–Crippen LogP) is 3.76. The van der Waals surface area contributed by atoms with Gasteiger partial charge in [0.25, 0.3) is 0 Å². The van der Waals surface area contributed by atoms with Gasteiger partial charge in [-0.05, 0) is 37.1 Å². The topological polar surface area (TPSA) is 70.7 Å². The van der Waals surface area contributed by atoms with Gasteiger partial charge in [-0.2, -0.15) is 0 Å². The minimum Gasteiger partial charge on any atom is -0.481 e. The van der Waals surface area contributed by atoms with Gasteiger partial charge in [-0.1, -0.05) is 29.8 Å². The third-order valence-corrected chi connectivity index (χ3v) is 4.01. The number of aliphatic carboxylic acids is 1. The van der Waals surface area contributed by atoms with Crippen molar-refractivity contribution in [2.45, 2.75) is 26.4 Å². The molecule has 1 aromatic carbocycles. The van der Waals surface area contributed by atoms with E-state index < -0.39 is 17.5 Å². The molecule has 0 spiro atoms. The summed E-state index contributed by atoms with van der Waals surface area (Å²) in [6, 6.07) is 7.17. The predicted molar refractivity (Wildman–Crippen MR) is 79.4 cm³/mol. The van der Waals surface area contributed by atoms with Crippen LogP contribution in [0, 0.1) is 11.8 Å². The van der Waals surface area contributed by atoms with Gasteiger partial charge in [0, 0.05) is 9.86 Å². The van der Waals surface area contributed by atoms with E-state index in [2.05, 4.69) is 15.9 Å². The average Bonchev–Trinajstić information content (AvgIpc) is 2.70. The van der Waals surface area contributed by atoms with Gasteiger partial charge in [-0.15, -0.1) is 0 Å². The van der Waals surface area contributed by atoms with Crippen molar-refractivity contribution in [2.75, 3.05) is 0 Å². The Morgan fingerprint density at radius 1 is 1.35 bits per heavy atom. The number of carbonyl (C=O) groups is 1. The molecule has 0 bridgehead atoms. The molecule has 0 saturated carbocycles. The Labute approximate surface area is 125 Å². The van der Waals surface area contributed by atoms with Gasteiger partial charge in [0.1, 0.15) is 16.9 Å². The molecule has 1 heterocycles. The molecule has 4 nitrogen and oxygen atoms in total. The molecule has 2 N–H and O–H groups in total. The van der Waals surface area contributed by atoms with Crippen LogP contribution in [0.15, 0.2) is 33.2 Å². The molecule has 5 heteroatoms. The second kappa shape index (κ2) is 5.22. The van der Waals surface area contributed by atoms with Gasteiger partial charge in [-0.25, -0.2) is 0 Å². The molecule has 2 aromatic rings. The lowest BCUT2D eigenvalue weighted by Gasteiger charge is -2.30. The first-order valence-corrected chi connectivity index (χ1v) is 7.17. The summed E-state index contributed by atoms with van der Waals surface area (Å²) in [6.07, 6.45) is 0. The van der Waals surface area contributed by atoms with Crippen LogP contribution in [-0.2, 0) is 10.4 Å². The van der Waals surface area contributed by atoms with Gasteiger partial charge in [0.2, 0.25) is 0 Å². The van der Waals surface area contributed by atoms with Crippen LogP contribution in [0.2, 0.25) is 0 Å². The van der Waals surface area contributed by atoms with Crippen molar-refractivity contribution in [1.82, 2.24) is 0 Å². The monoisotopic (exact) mass is 340 g/mol. The van der Waals surface area contributed by atoms with Crippen molar-refractivity contribution in [3.05, 3.63) is 34.5 Å². The number of carboxylic acids is 1. The van der Waals surface area contributed by atoms with E-state index in [9.17, 15) is 15.0 Å². The summed E-state index contributed by atoms with van der Waals surface area (Å²) in [5.74, 6) is -1.92. The second-order valence-electron chi connectivity index (χ2n) is 5.50. The molecule has 0 fully saturated rings. The molecule has 0 saturated heterocycles. The molecule has 2 atom stereocenters. The molecule has 0 aliphatic heterocycles. The number of furan rings is 1. The Bertz CT molecular complexity index is 642. The smallest absolute Gasteiger partial charge is 0.310 e. The number of halogens is 1. The van der Waals surface area contributed by atoms with E-state index in [1.54, 1.807) is 26.0 Å². The normalized spacial score (nSPS) is 16.3. The lowest BCUT2D eigenvalue weighted by molar-refractivity contribution is -0.156. The number of benzene rings is 1. The lowest BCUT2D eigenvalue weighted by Crippen LogP contribution is -2.40. The summed E-state index contributed by atoms with van der Waals surface area (Å²) in [7, 11) is 0. The highest BCUT2D eigenvalue weighted by molar-refractivity contribution is 9.10. The highest BCUT2D eigenvalue weighted by Crippen LogP contribution is 2.37. The molecule has 2 unspecified atom stereocenters. The Balaban J connectivity index is 2.52. The fraction of sp³-hybridized carbons (Fsp3) is 0.400. The Kier molecular flexibility index (Phi) is 3.93. The molecule has 1 aromatic heterocycles. The number of fused-ring (bicyclic) bond motifs is 1. The fourth-order valence-electron chi connectivity index (χ4n) is 2.59. The summed E-state index contributed by atoms with van der Waals surface area (Å²) in [4.78, 5) is 11.4. The number of aliphatic hydroxyl groups is 1. The van der Waals surface area contributed by atoms with Crippen LogP contribution >= 0.6 is 15.9 Å². The number of carboxylic acid groups (broad SMARTS) is 1.